The van der Waals surface area contributed by atoms with Crippen molar-refractivity contribution in [2.75, 3.05) is 0 Å². The zero-order chi connectivity index (χ0) is 45.7. The van der Waals surface area contributed by atoms with Gasteiger partial charge >= 0.3 is 0 Å². The van der Waals surface area contributed by atoms with Gasteiger partial charge in [-0.3, -0.25) is 4.98 Å². The van der Waals surface area contributed by atoms with Gasteiger partial charge in [-0.1, -0.05) is 183 Å². The van der Waals surface area contributed by atoms with Crippen molar-refractivity contribution in [3.8, 4) is 11.3 Å². The van der Waals surface area contributed by atoms with E-state index in [9.17, 15) is 0 Å². The summed E-state index contributed by atoms with van der Waals surface area (Å²) >= 11 is 2.05. The molecule has 0 aliphatic heterocycles. The molecule has 0 aliphatic rings. The Morgan fingerprint density at radius 1 is 0.524 bits per heavy atom. The third kappa shape index (κ3) is 8.55. The summed E-state index contributed by atoms with van der Waals surface area (Å²) in [7, 11) is -3.12. The summed E-state index contributed by atoms with van der Waals surface area (Å²) in [6.07, 6.45) is 4.25. The molecule has 1 nitrogen and oxygen atoms in total. The van der Waals surface area contributed by atoms with Crippen LogP contribution in [-0.4, -0.2) is 13.1 Å². The van der Waals surface area contributed by atoms with Crippen LogP contribution in [0.1, 0.15) is 197 Å². The zero-order valence-corrected chi connectivity index (χ0v) is 43.4. The van der Waals surface area contributed by atoms with Gasteiger partial charge in [-0.2, -0.15) is 0 Å². The summed E-state index contributed by atoms with van der Waals surface area (Å²) < 4.78 is 2.83. The summed E-state index contributed by atoms with van der Waals surface area (Å²) in [5.74, 6) is 2.38. The molecule has 63 heavy (non-hydrogen) atoms. The number of rotatable bonds is 14. The maximum Gasteiger partial charge on any atom is 0.191 e. The van der Waals surface area contributed by atoms with Gasteiger partial charge in [0.1, 0.15) is 0 Å². The minimum absolute atomic E-state index is 0.0583. The van der Waals surface area contributed by atoms with E-state index in [2.05, 4.69) is 225 Å². The summed E-state index contributed by atoms with van der Waals surface area (Å²) in [4.78, 5) is 5.36. The summed E-state index contributed by atoms with van der Waals surface area (Å²) in [5.41, 5.74) is 13.8. The highest BCUT2D eigenvalue weighted by Crippen LogP contribution is 2.42. The first-order valence-corrected chi connectivity index (χ1v) is 27.0. The van der Waals surface area contributed by atoms with Crippen molar-refractivity contribution in [2.45, 2.75) is 165 Å². The molecule has 0 amide bonds. The van der Waals surface area contributed by atoms with Crippen molar-refractivity contribution in [2.24, 2.45) is 0 Å². The average molecular weight is 870 g/mol. The van der Waals surface area contributed by atoms with Crippen molar-refractivity contribution in [1.29, 1.82) is 0 Å². The minimum Gasteiger partial charge on any atom is -0.255 e. The van der Waals surface area contributed by atoms with E-state index in [-0.39, 0.29) is 5.41 Å². The monoisotopic (exact) mass is 870 g/mol. The van der Waals surface area contributed by atoms with Crippen molar-refractivity contribution in [1.82, 2.24) is 4.98 Å². The third-order valence-electron chi connectivity index (χ3n) is 14.8. The van der Waals surface area contributed by atoms with Crippen LogP contribution >= 0.6 is 11.3 Å². The molecular formula is C60H75NSSi. The number of thiophene rings is 1. The molecule has 0 saturated carbocycles. The molecule has 2 aromatic heterocycles. The largest absolute Gasteiger partial charge is 0.255 e. The fraction of sp³-hybridized carbons (Fsp3) is 0.417. The molecule has 0 aliphatic carbocycles. The van der Waals surface area contributed by atoms with Gasteiger partial charge in [0.05, 0.1) is 10.4 Å². The molecule has 3 heteroatoms. The summed E-state index contributed by atoms with van der Waals surface area (Å²) in [6.45, 7) is 38.1. The van der Waals surface area contributed by atoms with Gasteiger partial charge in [0, 0.05) is 16.3 Å². The quantitative estimate of drug-likeness (QED) is 0.0784. The van der Waals surface area contributed by atoms with E-state index in [0.29, 0.717) is 35.5 Å². The first-order chi connectivity index (χ1) is 29.8. The molecule has 5 aromatic carbocycles. The fourth-order valence-electron chi connectivity index (χ4n) is 9.86. The van der Waals surface area contributed by atoms with Crippen LogP contribution in [0.2, 0.25) is 0 Å². The number of nitrogens with zero attached hydrogens (tertiary/aromatic N) is 1. The predicted molar refractivity (Wildman–Crippen MR) is 283 cm³/mol. The van der Waals surface area contributed by atoms with Gasteiger partial charge in [-0.15, -0.1) is 11.3 Å². The second-order valence-corrected chi connectivity index (χ2v) is 26.1. The van der Waals surface area contributed by atoms with Crippen LogP contribution in [0, 0.1) is 6.92 Å². The topological polar surface area (TPSA) is 12.9 Å². The van der Waals surface area contributed by atoms with Crippen LogP contribution < -0.4 is 20.1 Å². The van der Waals surface area contributed by atoms with Gasteiger partial charge in [-0.05, 0) is 155 Å². The molecule has 0 spiro atoms. The Hall–Kier alpha value is -4.31. The van der Waals surface area contributed by atoms with E-state index in [1.807, 2.05) is 0 Å². The predicted octanol–water partition coefficient (Wildman–Crippen LogP) is 15.6. The molecule has 2 heterocycles. The van der Waals surface area contributed by atoms with Gasteiger partial charge in [-0.25, -0.2) is 0 Å². The Morgan fingerprint density at radius 2 is 0.937 bits per heavy atom. The number of hydrogen-bond acceptors (Lipinski definition) is 2. The van der Waals surface area contributed by atoms with Crippen molar-refractivity contribution in [3.63, 3.8) is 0 Å². The number of benzene rings is 5. The average Bonchev–Trinajstić information content (AvgIpc) is 3.61. The Kier molecular flexibility index (Phi) is 13.5. The van der Waals surface area contributed by atoms with Gasteiger partial charge < -0.3 is 0 Å². The SMILES string of the molecule is CCC(C)(CC)c1cc(-c2nccc3c(C)c([Si](c4cc(C(C)C)cc(C(C)C)c4)(c4cc(C(C)C)cc(C(C)C)c4)c4cc(C(C)C)cc(C(C)C)c4)sc23)cc2ccccc12. The highest BCUT2D eigenvalue weighted by Gasteiger charge is 2.46. The van der Waals surface area contributed by atoms with E-state index in [4.69, 9.17) is 4.98 Å². The van der Waals surface area contributed by atoms with E-state index in [1.165, 1.54) is 91.0 Å². The summed E-state index contributed by atoms with van der Waals surface area (Å²) in [6, 6.07) is 39.6. The van der Waals surface area contributed by atoms with Crippen LogP contribution in [0.5, 0.6) is 0 Å². The van der Waals surface area contributed by atoms with E-state index in [0.717, 1.165) is 18.5 Å². The van der Waals surface area contributed by atoms with Gasteiger partial charge in [0.25, 0.3) is 0 Å². The maximum absolute atomic E-state index is 5.36. The smallest absolute Gasteiger partial charge is 0.191 e. The maximum atomic E-state index is 5.36. The number of aryl methyl sites for hydroxylation is 1. The molecule has 0 N–H and O–H groups in total. The molecule has 7 aromatic rings. The van der Waals surface area contributed by atoms with Crippen molar-refractivity contribution in [3.05, 3.63) is 148 Å². The second kappa shape index (κ2) is 18.3. The molecule has 7 rings (SSSR count). The third-order valence-corrected chi connectivity index (χ3v) is 21.6. The first kappa shape index (κ1) is 46.7. The Bertz CT molecular complexity index is 2520. The van der Waals surface area contributed by atoms with Crippen molar-refractivity contribution >= 4 is 60.3 Å². The van der Waals surface area contributed by atoms with Gasteiger partial charge in [0.2, 0.25) is 0 Å². The molecule has 0 atom stereocenters. The van der Waals surface area contributed by atoms with Crippen molar-refractivity contribution < 1.29 is 0 Å². The standard InChI is InChI=1S/C60H75NSSi/c1-17-60(16,18-2)56-35-50(25-43-21-19-20-22-55(43)56)57-58-54(23-24-61-57)42(15)59(62-58)63(51-29-44(36(3)4)26-45(30-51)37(5)6,52-31-46(38(7)8)27-47(32-52)39(9)10)53-33-48(40(11)12)28-49(34-53)41(13)14/h19-41H,17-18H2,1-16H3. The molecule has 0 saturated heterocycles. The molecule has 330 valence electrons. The fourth-order valence-corrected chi connectivity index (χ4v) is 17.7. The van der Waals surface area contributed by atoms with Crippen LogP contribution in [0.4, 0.5) is 0 Å². The van der Waals surface area contributed by atoms with E-state index >= 15 is 0 Å². The van der Waals surface area contributed by atoms with Crippen LogP contribution in [-0.2, 0) is 5.41 Å². The zero-order valence-electron chi connectivity index (χ0n) is 41.5. The molecule has 0 bridgehead atoms. The highest BCUT2D eigenvalue weighted by atomic mass is 32.1. The lowest BCUT2D eigenvalue weighted by Crippen LogP contribution is -2.75. The Morgan fingerprint density at radius 3 is 1.33 bits per heavy atom. The normalized spacial score (nSPS) is 12.8. The Balaban J connectivity index is 1.73. The van der Waals surface area contributed by atoms with Crippen LogP contribution in [0.15, 0.2) is 103 Å². The minimum atomic E-state index is -3.12. The molecule has 0 unspecified atom stereocenters. The summed E-state index contributed by atoms with van der Waals surface area (Å²) in [5, 5.41) is 8.49. The molecule has 0 radical (unpaired) electrons. The lowest BCUT2D eigenvalue weighted by atomic mass is 9.75. The van der Waals surface area contributed by atoms with E-state index in [1.54, 1.807) is 0 Å². The Labute approximate surface area is 386 Å². The molecule has 0 fully saturated rings. The molecular weight excluding hydrogens is 795 g/mol. The number of pyridine rings is 1. The number of fused-ring (bicyclic) bond motifs is 2. The highest BCUT2D eigenvalue weighted by molar-refractivity contribution is 7.40. The van der Waals surface area contributed by atoms with Crippen LogP contribution in [0.25, 0.3) is 32.1 Å². The lowest BCUT2D eigenvalue weighted by molar-refractivity contribution is 0.443. The number of hydrogen-bond donors (Lipinski definition) is 0. The lowest BCUT2D eigenvalue weighted by Gasteiger charge is -2.37. The second-order valence-electron chi connectivity index (χ2n) is 20.9. The van der Waals surface area contributed by atoms with E-state index < -0.39 is 8.07 Å². The van der Waals surface area contributed by atoms with Crippen LogP contribution in [0.3, 0.4) is 0 Å². The number of aromatic nitrogens is 1. The first-order valence-electron chi connectivity index (χ1n) is 24.2. The van der Waals surface area contributed by atoms with Gasteiger partial charge in [0.15, 0.2) is 8.07 Å².